The van der Waals surface area contributed by atoms with Gasteiger partial charge >= 0.3 is 6.03 Å². The number of nitrogens with one attached hydrogen (secondary N) is 1. The summed E-state index contributed by atoms with van der Waals surface area (Å²) in [6, 6.07) is 25.8. The van der Waals surface area contributed by atoms with Gasteiger partial charge in [-0.05, 0) is 53.4 Å². The number of hydrogen-bond acceptors (Lipinski definition) is 3. The van der Waals surface area contributed by atoms with Crippen LogP contribution in [0.4, 0.5) is 10.5 Å². The molecule has 5 rings (SSSR count). The lowest BCUT2D eigenvalue weighted by Crippen LogP contribution is -2.38. The van der Waals surface area contributed by atoms with Crippen molar-refractivity contribution < 1.29 is 14.3 Å². The summed E-state index contributed by atoms with van der Waals surface area (Å²) >= 11 is 0. The average Bonchev–Trinajstić information content (AvgIpc) is 3.33. The molecule has 4 aromatic rings. The molecule has 1 aliphatic rings. The summed E-state index contributed by atoms with van der Waals surface area (Å²) in [6.45, 7) is 2.60. The number of anilines is 1. The number of aryl methyl sites for hydroxylation is 1. The fraction of sp³-hybridized carbons (Fsp3) is 0.207. The summed E-state index contributed by atoms with van der Waals surface area (Å²) < 4.78 is 13.0. The SMILES string of the molecule is CCc1ccc([C@H]2c3cccn3-c3ccccc3CN2C(=O)Nc2ccc(OC)cc2OC)cc1. The molecule has 1 aromatic heterocycles. The smallest absolute Gasteiger partial charge is 0.323 e. The summed E-state index contributed by atoms with van der Waals surface area (Å²) in [6.07, 6.45) is 3.03. The Morgan fingerprint density at radius 2 is 1.77 bits per heavy atom. The summed E-state index contributed by atoms with van der Waals surface area (Å²) in [5, 5.41) is 3.08. The van der Waals surface area contributed by atoms with Crippen LogP contribution in [0.15, 0.2) is 85.1 Å². The van der Waals surface area contributed by atoms with E-state index >= 15 is 0 Å². The van der Waals surface area contributed by atoms with Crippen molar-refractivity contribution in [1.82, 2.24) is 9.47 Å². The third-order valence-electron chi connectivity index (χ3n) is 6.58. The molecule has 6 nitrogen and oxygen atoms in total. The molecule has 3 aromatic carbocycles. The van der Waals surface area contributed by atoms with E-state index in [1.54, 1.807) is 26.4 Å². The molecule has 2 heterocycles. The Morgan fingerprint density at radius 1 is 0.971 bits per heavy atom. The number of methoxy groups -OCH3 is 2. The monoisotopic (exact) mass is 467 g/mol. The van der Waals surface area contributed by atoms with Crippen LogP contribution in [0.25, 0.3) is 5.69 Å². The number of carbonyl (C=O) groups is 1. The fourth-order valence-electron chi connectivity index (χ4n) is 4.71. The molecule has 0 spiro atoms. The van der Waals surface area contributed by atoms with Crippen LogP contribution in [-0.2, 0) is 13.0 Å². The molecule has 178 valence electrons. The number of carbonyl (C=O) groups excluding carboxylic acids is 1. The zero-order chi connectivity index (χ0) is 24.4. The number of hydrogen-bond donors (Lipinski definition) is 1. The number of para-hydroxylation sites is 1. The van der Waals surface area contributed by atoms with Gasteiger partial charge in [0.05, 0.1) is 38.2 Å². The highest BCUT2D eigenvalue weighted by molar-refractivity contribution is 5.92. The molecular formula is C29H29N3O3. The van der Waals surface area contributed by atoms with Gasteiger partial charge in [0.1, 0.15) is 11.5 Å². The summed E-state index contributed by atoms with van der Waals surface area (Å²) in [5.74, 6) is 1.20. The second kappa shape index (κ2) is 9.58. The summed E-state index contributed by atoms with van der Waals surface area (Å²) in [7, 11) is 3.18. The third-order valence-corrected chi connectivity index (χ3v) is 6.58. The number of urea groups is 1. The maximum atomic E-state index is 13.9. The first-order valence-corrected chi connectivity index (χ1v) is 11.8. The van der Waals surface area contributed by atoms with Gasteiger partial charge in [-0.15, -0.1) is 0 Å². The quantitative estimate of drug-likeness (QED) is 0.381. The Hall–Kier alpha value is -4.19. The van der Waals surface area contributed by atoms with Crippen molar-refractivity contribution in [3.63, 3.8) is 0 Å². The predicted octanol–water partition coefficient (Wildman–Crippen LogP) is 6.19. The Morgan fingerprint density at radius 3 is 2.51 bits per heavy atom. The Labute approximate surface area is 205 Å². The number of nitrogens with zero attached hydrogens (tertiary/aromatic N) is 2. The first kappa shape index (κ1) is 22.6. The van der Waals surface area contributed by atoms with Crippen molar-refractivity contribution in [1.29, 1.82) is 0 Å². The normalized spacial score (nSPS) is 14.5. The van der Waals surface area contributed by atoms with Crippen molar-refractivity contribution in [3.05, 3.63) is 107 Å². The van der Waals surface area contributed by atoms with Crippen molar-refractivity contribution >= 4 is 11.7 Å². The molecule has 0 radical (unpaired) electrons. The van der Waals surface area contributed by atoms with Crippen LogP contribution in [0, 0.1) is 0 Å². The summed E-state index contributed by atoms with van der Waals surface area (Å²) in [5.41, 5.74) is 6.11. The highest BCUT2D eigenvalue weighted by Gasteiger charge is 2.33. The Balaban J connectivity index is 1.60. The van der Waals surface area contributed by atoms with Gasteiger partial charge in [-0.2, -0.15) is 0 Å². The number of aromatic nitrogens is 1. The van der Waals surface area contributed by atoms with Gasteiger partial charge < -0.3 is 24.3 Å². The first-order valence-electron chi connectivity index (χ1n) is 11.8. The van der Waals surface area contributed by atoms with Crippen LogP contribution in [0.1, 0.15) is 35.3 Å². The molecule has 0 aliphatic carbocycles. The standard InChI is InChI=1S/C29H29N3O3/c1-4-20-11-13-21(14-12-20)28-26-10-7-17-31(26)25-9-6-5-8-22(25)19-32(28)29(33)30-24-16-15-23(34-2)18-27(24)35-3/h5-18,28H,4,19H2,1-3H3,(H,30,33)/t28-/m0/s1. The van der Waals surface area contributed by atoms with E-state index in [-0.39, 0.29) is 12.1 Å². The van der Waals surface area contributed by atoms with Gasteiger partial charge in [-0.3, -0.25) is 0 Å². The minimum atomic E-state index is -0.271. The average molecular weight is 468 g/mol. The van der Waals surface area contributed by atoms with Crippen LogP contribution in [0.2, 0.25) is 0 Å². The van der Waals surface area contributed by atoms with Crippen LogP contribution in [-0.4, -0.2) is 29.7 Å². The topological polar surface area (TPSA) is 55.7 Å². The minimum Gasteiger partial charge on any atom is -0.497 e. The molecule has 0 fully saturated rings. The molecule has 0 unspecified atom stereocenters. The Bertz CT molecular complexity index is 1340. The minimum absolute atomic E-state index is 0.206. The van der Waals surface area contributed by atoms with Crippen molar-refractivity contribution in [2.45, 2.75) is 25.9 Å². The van der Waals surface area contributed by atoms with Crippen LogP contribution >= 0.6 is 0 Å². The van der Waals surface area contributed by atoms with E-state index < -0.39 is 0 Å². The lowest BCUT2D eigenvalue weighted by molar-refractivity contribution is 0.194. The lowest BCUT2D eigenvalue weighted by atomic mass is 10.00. The zero-order valence-corrected chi connectivity index (χ0v) is 20.2. The highest BCUT2D eigenvalue weighted by Crippen LogP contribution is 2.38. The molecule has 0 saturated heterocycles. The molecule has 6 heteroatoms. The van der Waals surface area contributed by atoms with Gasteiger partial charge in [-0.1, -0.05) is 49.4 Å². The highest BCUT2D eigenvalue weighted by atomic mass is 16.5. The number of fused-ring (bicyclic) bond motifs is 3. The van der Waals surface area contributed by atoms with Gasteiger partial charge in [0.2, 0.25) is 0 Å². The number of amides is 2. The van der Waals surface area contributed by atoms with E-state index in [4.69, 9.17) is 9.47 Å². The van der Waals surface area contributed by atoms with Gasteiger partial charge in [0, 0.05) is 18.0 Å². The summed E-state index contributed by atoms with van der Waals surface area (Å²) in [4.78, 5) is 15.8. The first-order chi connectivity index (χ1) is 17.1. The number of benzene rings is 3. The van der Waals surface area contributed by atoms with E-state index in [2.05, 4.69) is 65.5 Å². The second-order valence-corrected chi connectivity index (χ2v) is 8.55. The third kappa shape index (κ3) is 4.23. The molecule has 2 amide bonds. The second-order valence-electron chi connectivity index (χ2n) is 8.55. The van der Waals surface area contributed by atoms with Crippen LogP contribution in [0.5, 0.6) is 11.5 Å². The van der Waals surface area contributed by atoms with Gasteiger partial charge in [-0.25, -0.2) is 4.79 Å². The Kier molecular flexibility index (Phi) is 6.19. The largest absolute Gasteiger partial charge is 0.497 e. The maximum absolute atomic E-state index is 13.9. The van der Waals surface area contributed by atoms with Crippen molar-refractivity contribution in [2.24, 2.45) is 0 Å². The van der Waals surface area contributed by atoms with E-state index in [0.29, 0.717) is 23.7 Å². The van der Waals surface area contributed by atoms with E-state index in [1.807, 2.05) is 29.2 Å². The lowest BCUT2D eigenvalue weighted by Gasteiger charge is -2.31. The molecule has 1 atom stereocenters. The number of ether oxygens (including phenoxy) is 2. The zero-order valence-electron chi connectivity index (χ0n) is 20.2. The molecular weight excluding hydrogens is 438 g/mol. The number of rotatable bonds is 5. The molecule has 0 bridgehead atoms. The molecule has 0 saturated carbocycles. The van der Waals surface area contributed by atoms with Crippen LogP contribution < -0.4 is 14.8 Å². The molecule has 35 heavy (non-hydrogen) atoms. The molecule has 1 aliphatic heterocycles. The van der Waals surface area contributed by atoms with Gasteiger partial charge in [0.25, 0.3) is 0 Å². The fourth-order valence-corrected chi connectivity index (χ4v) is 4.71. The predicted molar refractivity (Wildman–Crippen MR) is 138 cm³/mol. The maximum Gasteiger partial charge on any atom is 0.323 e. The van der Waals surface area contributed by atoms with Gasteiger partial charge in [0.15, 0.2) is 0 Å². The van der Waals surface area contributed by atoms with Crippen LogP contribution in [0.3, 0.4) is 0 Å². The van der Waals surface area contributed by atoms with E-state index in [9.17, 15) is 4.79 Å². The van der Waals surface area contributed by atoms with Crippen molar-refractivity contribution in [3.8, 4) is 17.2 Å². The molecule has 1 N–H and O–H groups in total. The van der Waals surface area contributed by atoms with Crippen molar-refractivity contribution in [2.75, 3.05) is 19.5 Å². The van der Waals surface area contributed by atoms with E-state index in [0.717, 1.165) is 28.9 Å². The van der Waals surface area contributed by atoms with E-state index in [1.165, 1.54) is 5.56 Å².